The molecule has 1 N–H and O–H groups in total. The maximum absolute atomic E-state index is 13.1. The number of amides is 1. The summed E-state index contributed by atoms with van der Waals surface area (Å²) >= 11 is 0. The summed E-state index contributed by atoms with van der Waals surface area (Å²) in [6.45, 7) is 0.319. The van der Waals surface area contributed by atoms with Gasteiger partial charge in [-0.25, -0.2) is 9.37 Å². The molecule has 0 radical (unpaired) electrons. The predicted molar refractivity (Wildman–Crippen MR) is 82.7 cm³/mol. The zero-order chi connectivity index (χ0) is 15.5. The number of carbonyl (C=O) groups excluding carboxylic acids is 1. The number of fused-ring (bicyclic) bond motifs is 1. The van der Waals surface area contributed by atoms with Crippen LogP contribution < -0.4 is 5.32 Å². The highest BCUT2D eigenvalue weighted by Crippen LogP contribution is 2.18. The number of aryl methyl sites for hydroxylation is 1. The van der Waals surface area contributed by atoms with Gasteiger partial charge >= 0.3 is 0 Å². The van der Waals surface area contributed by atoms with Crippen molar-refractivity contribution in [1.82, 2.24) is 14.9 Å². The van der Waals surface area contributed by atoms with Crippen molar-refractivity contribution in [2.24, 2.45) is 7.05 Å². The first-order valence-corrected chi connectivity index (χ1v) is 7.03. The van der Waals surface area contributed by atoms with Gasteiger partial charge in [0.15, 0.2) is 0 Å². The number of carbonyl (C=O) groups is 1. The number of hydrogen-bond donors (Lipinski definition) is 1. The standard InChI is InChI=1S/C17H16FN3O/c1-21-11-13(15-6-3-7-19-17(15)21)9-16(22)20-10-12-4-2-5-14(18)8-12/h2-8,11H,9-10H2,1H3,(H,20,22). The van der Waals surface area contributed by atoms with Crippen molar-refractivity contribution in [1.29, 1.82) is 0 Å². The maximum Gasteiger partial charge on any atom is 0.224 e. The molecule has 0 bridgehead atoms. The third-order valence-corrected chi connectivity index (χ3v) is 3.55. The van der Waals surface area contributed by atoms with Crippen LogP contribution in [-0.2, 0) is 24.8 Å². The largest absolute Gasteiger partial charge is 0.352 e. The molecule has 22 heavy (non-hydrogen) atoms. The third kappa shape index (κ3) is 2.98. The summed E-state index contributed by atoms with van der Waals surface area (Å²) in [5.41, 5.74) is 2.53. The number of aromatic nitrogens is 2. The van der Waals surface area contributed by atoms with Crippen LogP contribution in [0.5, 0.6) is 0 Å². The number of nitrogens with one attached hydrogen (secondary N) is 1. The van der Waals surface area contributed by atoms with Crippen molar-refractivity contribution in [3.63, 3.8) is 0 Å². The van der Waals surface area contributed by atoms with Crippen LogP contribution in [-0.4, -0.2) is 15.5 Å². The average Bonchev–Trinajstić information content (AvgIpc) is 2.82. The van der Waals surface area contributed by atoms with E-state index in [4.69, 9.17) is 0 Å². The molecule has 4 nitrogen and oxygen atoms in total. The summed E-state index contributed by atoms with van der Waals surface area (Å²) in [6, 6.07) is 10.0. The third-order valence-electron chi connectivity index (χ3n) is 3.55. The SMILES string of the molecule is Cn1cc(CC(=O)NCc2cccc(F)c2)c2cccnc21. The lowest BCUT2D eigenvalue weighted by atomic mass is 10.1. The van der Waals surface area contributed by atoms with Gasteiger partial charge in [0.1, 0.15) is 11.5 Å². The molecule has 0 unspecified atom stereocenters. The molecule has 0 fully saturated rings. The van der Waals surface area contributed by atoms with E-state index in [-0.39, 0.29) is 18.1 Å². The van der Waals surface area contributed by atoms with Gasteiger partial charge < -0.3 is 9.88 Å². The first-order valence-electron chi connectivity index (χ1n) is 7.03. The minimum absolute atomic E-state index is 0.0967. The molecule has 0 saturated carbocycles. The summed E-state index contributed by atoms with van der Waals surface area (Å²) in [6.07, 6.45) is 3.92. The van der Waals surface area contributed by atoms with Gasteiger partial charge in [0.2, 0.25) is 5.91 Å². The fraction of sp³-hybridized carbons (Fsp3) is 0.176. The molecule has 0 aliphatic heterocycles. The number of benzene rings is 1. The van der Waals surface area contributed by atoms with E-state index >= 15 is 0 Å². The van der Waals surface area contributed by atoms with E-state index in [9.17, 15) is 9.18 Å². The fourth-order valence-electron chi connectivity index (χ4n) is 2.52. The molecule has 3 rings (SSSR count). The molecule has 0 saturated heterocycles. The van der Waals surface area contributed by atoms with Crippen LogP contribution >= 0.6 is 0 Å². The van der Waals surface area contributed by atoms with E-state index in [0.29, 0.717) is 6.54 Å². The summed E-state index contributed by atoms with van der Waals surface area (Å²) in [5.74, 6) is -0.396. The van der Waals surface area contributed by atoms with E-state index in [0.717, 1.165) is 22.2 Å². The van der Waals surface area contributed by atoms with Gasteiger partial charge in [0.25, 0.3) is 0 Å². The molecule has 1 aromatic carbocycles. The lowest BCUT2D eigenvalue weighted by Crippen LogP contribution is -2.24. The van der Waals surface area contributed by atoms with E-state index in [1.807, 2.05) is 29.9 Å². The Morgan fingerprint density at radius 3 is 3.00 bits per heavy atom. The fourth-order valence-corrected chi connectivity index (χ4v) is 2.52. The van der Waals surface area contributed by atoms with Crippen LogP contribution in [0.2, 0.25) is 0 Å². The number of halogens is 1. The minimum atomic E-state index is -0.299. The lowest BCUT2D eigenvalue weighted by Gasteiger charge is -2.05. The first kappa shape index (κ1) is 14.3. The topological polar surface area (TPSA) is 46.9 Å². The number of pyridine rings is 1. The summed E-state index contributed by atoms with van der Waals surface area (Å²) in [4.78, 5) is 16.4. The van der Waals surface area contributed by atoms with E-state index in [1.54, 1.807) is 18.3 Å². The lowest BCUT2D eigenvalue weighted by molar-refractivity contribution is -0.120. The Labute approximate surface area is 127 Å². The molecule has 2 heterocycles. The zero-order valence-corrected chi connectivity index (χ0v) is 12.2. The smallest absolute Gasteiger partial charge is 0.224 e. The normalized spacial score (nSPS) is 10.8. The molecular weight excluding hydrogens is 281 g/mol. The number of hydrogen-bond acceptors (Lipinski definition) is 2. The van der Waals surface area contributed by atoms with Crippen LogP contribution in [0.3, 0.4) is 0 Å². The Kier molecular flexibility index (Phi) is 3.87. The molecule has 5 heteroatoms. The summed E-state index contributed by atoms with van der Waals surface area (Å²) < 4.78 is 15.0. The van der Waals surface area contributed by atoms with Gasteiger partial charge in [0, 0.05) is 31.4 Å². The average molecular weight is 297 g/mol. The first-order chi connectivity index (χ1) is 10.6. The Morgan fingerprint density at radius 2 is 2.18 bits per heavy atom. The summed E-state index contributed by atoms with van der Waals surface area (Å²) in [5, 5.41) is 3.79. The quantitative estimate of drug-likeness (QED) is 0.804. The van der Waals surface area contributed by atoms with Gasteiger partial charge in [-0.15, -0.1) is 0 Å². The molecule has 0 aliphatic carbocycles. The van der Waals surface area contributed by atoms with E-state index in [1.165, 1.54) is 12.1 Å². The van der Waals surface area contributed by atoms with E-state index < -0.39 is 0 Å². The van der Waals surface area contributed by atoms with Gasteiger partial charge in [-0.05, 0) is 35.4 Å². The van der Waals surface area contributed by atoms with Crippen molar-refractivity contribution in [2.75, 3.05) is 0 Å². The van der Waals surface area contributed by atoms with Crippen molar-refractivity contribution in [3.05, 3.63) is 65.7 Å². The molecular formula is C17H16FN3O. The second kappa shape index (κ2) is 5.97. The summed E-state index contributed by atoms with van der Waals surface area (Å²) in [7, 11) is 1.91. The van der Waals surface area contributed by atoms with Gasteiger partial charge in [0.05, 0.1) is 6.42 Å². The Bertz CT molecular complexity index is 826. The van der Waals surface area contributed by atoms with Crippen LogP contribution in [0.4, 0.5) is 4.39 Å². The van der Waals surface area contributed by atoms with Crippen LogP contribution in [0, 0.1) is 5.82 Å². The minimum Gasteiger partial charge on any atom is -0.352 e. The van der Waals surface area contributed by atoms with Crippen molar-refractivity contribution in [3.8, 4) is 0 Å². The molecule has 3 aromatic rings. The number of rotatable bonds is 4. The van der Waals surface area contributed by atoms with Crippen molar-refractivity contribution >= 4 is 16.9 Å². The second-order valence-electron chi connectivity index (χ2n) is 5.22. The Balaban J connectivity index is 1.68. The van der Waals surface area contributed by atoms with Gasteiger partial charge in [-0.3, -0.25) is 4.79 Å². The van der Waals surface area contributed by atoms with Crippen LogP contribution in [0.15, 0.2) is 48.8 Å². The highest BCUT2D eigenvalue weighted by atomic mass is 19.1. The van der Waals surface area contributed by atoms with Gasteiger partial charge in [-0.1, -0.05) is 12.1 Å². The monoisotopic (exact) mass is 297 g/mol. The van der Waals surface area contributed by atoms with Crippen molar-refractivity contribution in [2.45, 2.75) is 13.0 Å². The molecule has 112 valence electrons. The van der Waals surface area contributed by atoms with E-state index in [2.05, 4.69) is 10.3 Å². The molecule has 0 spiro atoms. The van der Waals surface area contributed by atoms with Crippen molar-refractivity contribution < 1.29 is 9.18 Å². The Hall–Kier alpha value is -2.69. The molecule has 0 atom stereocenters. The Morgan fingerprint density at radius 1 is 1.32 bits per heavy atom. The second-order valence-corrected chi connectivity index (χ2v) is 5.22. The molecule has 2 aromatic heterocycles. The van der Waals surface area contributed by atoms with Crippen LogP contribution in [0.25, 0.3) is 11.0 Å². The highest BCUT2D eigenvalue weighted by molar-refractivity contribution is 5.87. The maximum atomic E-state index is 13.1. The molecule has 0 aliphatic rings. The number of nitrogens with zero attached hydrogens (tertiary/aromatic N) is 2. The van der Waals surface area contributed by atoms with Crippen LogP contribution in [0.1, 0.15) is 11.1 Å². The highest BCUT2D eigenvalue weighted by Gasteiger charge is 2.11. The zero-order valence-electron chi connectivity index (χ0n) is 12.2. The predicted octanol–water partition coefficient (Wildman–Crippen LogP) is 2.57. The van der Waals surface area contributed by atoms with Gasteiger partial charge in [-0.2, -0.15) is 0 Å². The molecule has 1 amide bonds.